The van der Waals surface area contributed by atoms with Crippen LogP contribution in [0.25, 0.3) is 0 Å². The van der Waals surface area contributed by atoms with E-state index in [2.05, 4.69) is 20.8 Å². The van der Waals surface area contributed by atoms with Gasteiger partial charge >= 0.3 is 0 Å². The summed E-state index contributed by atoms with van der Waals surface area (Å²) in [6.45, 7) is 1.55. The van der Waals surface area contributed by atoms with Gasteiger partial charge in [0.25, 0.3) is 0 Å². The summed E-state index contributed by atoms with van der Waals surface area (Å²) in [5, 5.41) is 0.729. The summed E-state index contributed by atoms with van der Waals surface area (Å²) in [5.41, 5.74) is 1.01. The van der Waals surface area contributed by atoms with Gasteiger partial charge in [-0.2, -0.15) is 0 Å². The Balaban J connectivity index is 2.22. The molecule has 15 heavy (non-hydrogen) atoms. The smallest absolute Gasteiger partial charge is 0.136 e. The molecule has 0 spiro atoms. The second kappa shape index (κ2) is 4.54. The lowest BCUT2D eigenvalue weighted by Crippen LogP contribution is -2.33. The fraction of sp³-hybridized carbons (Fsp3) is 0.364. The molecule has 1 heterocycles. The van der Waals surface area contributed by atoms with Crippen molar-refractivity contribution < 1.29 is 4.79 Å². The normalized spacial score (nSPS) is 16.9. The zero-order valence-electron chi connectivity index (χ0n) is 8.17. The van der Waals surface area contributed by atoms with Crippen LogP contribution in [-0.4, -0.2) is 18.9 Å². The molecule has 80 valence electrons. The van der Waals surface area contributed by atoms with Crippen LogP contribution in [0.15, 0.2) is 22.7 Å². The van der Waals surface area contributed by atoms with Gasteiger partial charge in [0.2, 0.25) is 0 Å². The van der Waals surface area contributed by atoms with Crippen molar-refractivity contribution in [1.82, 2.24) is 0 Å². The van der Waals surface area contributed by atoms with E-state index in [9.17, 15) is 4.79 Å². The van der Waals surface area contributed by atoms with Crippen LogP contribution in [0.2, 0.25) is 5.02 Å². The average Bonchev–Trinajstić information content (AvgIpc) is 2.24. The van der Waals surface area contributed by atoms with Gasteiger partial charge in [-0.05, 0) is 28.1 Å². The monoisotopic (exact) mass is 287 g/mol. The van der Waals surface area contributed by atoms with Crippen LogP contribution in [-0.2, 0) is 4.79 Å². The number of piperidine rings is 1. The minimum Gasteiger partial charge on any atom is -0.369 e. The van der Waals surface area contributed by atoms with Crippen LogP contribution in [0, 0.1) is 0 Å². The maximum atomic E-state index is 11.1. The Morgan fingerprint density at radius 3 is 2.60 bits per heavy atom. The molecule has 0 unspecified atom stereocenters. The molecular weight excluding hydrogens is 277 g/mol. The number of ketones is 1. The topological polar surface area (TPSA) is 20.3 Å². The molecule has 1 aromatic rings. The molecule has 1 aromatic carbocycles. The van der Waals surface area contributed by atoms with Crippen molar-refractivity contribution in [3.63, 3.8) is 0 Å². The molecule has 1 aliphatic heterocycles. The number of Topliss-reactive ketones (excluding diaryl/α,β-unsaturated/α-hetero) is 1. The third-order valence-electron chi connectivity index (χ3n) is 2.59. The molecule has 0 saturated carbocycles. The van der Waals surface area contributed by atoms with E-state index in [1.165, 1.54) is 0 Å². The largest absolute Gasteiger partial charge is 0.369 e. The first-order valence-electron chi connectivity index (χ1n) is 4.89. The molecule has 0 aromatic heterocycles. The average molecular weight is 289 g/mol. The van der Waals surface area contributed by atoms with Crippen LogP contribution in [0.1, 0.15) is 12.8 Å². The highest BCUT2D eigenvalue weighted by Crippen LogP contribution is 2.33. The predicted octanol–water partition coefficient (Wildman–Crippen LogP) is 3.27. The number of anilines is 1. The van der Waals surface area contributed by atoms with Crippen LogP contribution >= 0.6 is 27.5 Å². The molecule has 0 atom stereocenters. The summed E-state index contributed by atoms with van der Waals surface area (Å²) in [6, 6.07) is 5.87. The minimum absolute atomic E-state index is 0.345. The van der Waals surface area contributed by atoms with E-state index in [0.717, 1.165) is 28.3 Å². The van der Waals surface area contributed by atoms with Crippen LogP contribution in [0.4, 0.5) is 5.69 Å². The van der Waals surface area contributed by atoms with Crippen LogP contribution in [0.3, 0.4) is 0 Å². The fourth-order valence-electron chi connectivity index (χ4n) is 1.73. The van der Waals surface area contributed by atoms with Crippen molar-refractivity contribution in [2.45, 2.75) is 12.8 Å². The number of nitrogens with zero attached hydrogens (tertiary/aromatic N) is 1. The van der Waals surface area contributed by atoms with Crippen molar-refractivity contribution in [2.24, 2.45) is 0 Å². The van der Waals surface area contributed by atoms with Gasteiger partial charge in [-0.25, -0.2) is 0 Å². The molecule has 1 saturated heterocycles. The number of hydrogen-bond acceptors (Lipinski definition) is 2. The first-order chi connectivity index (χ1) is 7.18. The number of benzene rings is 1. The Labute approximate surface area is 102 Å². The zero-order chi connectivity index (χ0) is 10.8. The highest BCUT2D eigenvalue weighted by atomic mass is 79.9. The van der Waals surface area contributed by atoms with E-state index in [1.54, 1.807) is 0 Å². The third kappa shape index (κ3) is 2.34. The highest BCUT2D eigenvalue weighted by molar-refractivity contribution is 9.10. The van der Waals surface area contributed by atoms with Gasteiger partial charge < -0.3 is 4.90 Å². The molecule has 2 rings (SSSR count). The van der Waals surface area contributed by atoms with E-state index >= 15 is 0 Å². The number of carbonyl (C=O) groups excluding carboxylic acids is 1. The Morgan fingerprint density at radius 1 is 1.27 bits per heavy atom. The summed E-state index contributed by atoms with van der Waals surface area (Å²) in [4.78, 5) is 13.3. The summed E-state index contributed by atoms with van der Waals surface area (Å²) in [5.74, 6) is 0.345. The molecular formula is C11H11BrClNO. The predicted molar refractivity (Wildman–Crippen MR) is 65.6 cm³/mol. The van der Waals surface area contributed by atoms with E-state index in [0.29, 0.717) is 18.6 Å². The first-order valence-corrected chi connectivity index (χ1v) is 6.06. The molecule has 1 aliphatic rings. The van der Waals surface area contributed by atoms with Crippen LogP contribution < -0.4 is 4.90 Å². The Morgan fingerprint density at radius 2 is 1.93 bits per heavy atom. The first kappa shape index (κ1) is 11.0. The van der Waals surface area contributed by atoms with E-state index in [4.69, 9.17) is 11.6 Å². The van der Waals surface area contributed by atoms with E-state index in [-0.39, 0.29) is 0 Å². The lowest BCUT2D eigenvalue weighted by atomic mass is 10.1. The molecule has 0 aliphatic carbocycles. The standard InChI is InChI=1S/C11H11BrClNO/c12-9-2-1-3-10(11(9)13)14-6-4-8(15)5-7-14/h1-3H,4-7H2. The minimum atomic E-state index is 0.345. The lowest BCUT2D eigenvalue weighted by molar-refractivity contribution is -0.119. The molecule has 0 amide bonds. The number of carbonyl (C=O) groups is 1. The zero-order valence-corrected chi connectivity index (χ0v) is 10.5. The van der Waals surface area contributed by atoms with Gasteiger partial charge in [-0.3, -0.25) is 4.79 Å². The number of hydrogen-bond donors (Lipinski definition) is 0. The summed E-state index contributed by atoms with van der Waals surface area (Å²) >= 11 is 9.59. The van der Waals surface area contributed by atoms with Crippen molar-refractivity contribution in [3.05, 3.63) is 27.7 Å². The van der Waals surface area contributed by atoms with Gasteiger partial charge in [-0.1, -0.05) is 17.7 Å². The second-order valence-corrected chi connectivity index (χ2v) is 4.83. The van der Waals surface area contributed by atoms with Crippen molar-refractivity contribution in [2.75, 3.05) is 18.0 Å². The Hall–Kier alpha value is -0.540. The second-order valence-electron chi connectivity index (χ2n) is 3.60. The quantitative estimate of drug-likeness (QED) is 0.790. The van der Waals surface area contributed by atoms with Crippen molar-refractivity contribution >= 4 is 39.0 Å². The van der Waals surface area contributed by atoms with Gasteiger partial charge in [0.1, 0.15) is 5.78 Å². The number of rotatable bonds is 1. The lowest BCUT2D eigenvalue weighted by Gasteiger charge is -2.29. The van der Waals surface area contributed by atoms with Crippen molar-refractivity contribution in [1.29, 1.82) is 0 Å². The highest BCUT2D eigenvalue weighted by Gasteiger charge is 2.18. The molecule has 4 heteroatoms. The molecule has 0 N–H and O–H groups in total. The van der Waals surface area contributed by atoms with Gasteiger partial charge in [-0.15, -0.1) is 0 Å². The van der Waals surface area contributed by atoms with E-state index in [1.807, 2.05) is 18.2 Å². The summed E-state index contributed by atoms with van der Waals surface area (Å²) < 4.78 is 0.901. The maximum absolute atomic E-state index is 11.1. The Kier molecular flexibility index (Phi) is 3.32. The maximum Gasteiger partial charge on any atom is 0.136 e. The van der Waals surface area contributed by atoms with Crippen LogP contribution in [0.5, 0.6) is 0 Å². The third-order valence-corrected chi connectivity index (χ3v) is 3.88. The number of halogens is 2. The van der Waals surface area contributed by atoms with Gasteiger partial charge in [0.15, 0.2) is 0 Å². The molecule has 0 bridgehead atoms. The SMILES string of the molecule is O=C1CCN(c2cccc(Br)c2Cl)CC1. The fourth-order valence-corrected chi connectivity index (χ4v) is 2.33. The Bertz CT molecular complexity index is 384. The molecule has 0 radical (unpaired) electrons. The van der Waals surface area contributed by atoms with Gasteiger partial charge in [0.05, 0.1) is 10.7 Å². The van der Waals surface area contributed by atoms with E-state index < -0.39 is 0 Å². The summed E-state index contributed by atoms with van der Waals surface area (Å²) in [7, 11) is 0. The van der Waals surface area contributed by atoms with Crippen molar-refractivity contribution in [3.8, 4) is 0 Å². The summed E-state index contributed by atoms with van der Waals surface area (Å²) in [6.07, 6.45) is 1.26. The molecule has 2 nitrogen and oxygen atoms in total. The molecule has 1 fully saturated rings. The van der Waals surface area contributed by atoms with Gasteiger partial charge in [0, 0.05) is 30.4 Å².